The number of alkyl halides is 6. The first-order valence-corrected chi connectivity index (χ1v) is 11.0. The van der Waals surface area contributed by atoms with Crippen molar-refractivity contribution in [2.75, 3.05) is 0 Å². The smallest absolute Gasteiger partial charge is 0.294 e. The van der Waals surface area contributed by atoms with Gasteiger partial charge in [-0.3, -0.25) is 9.78 Å². The van der Waals surface area contributed by atoms with Gasteiger partial charge >= 0.3 is 12.4 Å². The number of pyridine rings is 1. The lowest BCUT2D eigenvalue weighted by atomic mass is 9.88. The highest BCUT2D eigenvalue weighted by Crippen LogP contribution is 2.36. The van der Waals surface area contributed by atoms with Crippen molar-refractivity contribution in [3.05, 3.63) is 81.7 Å². The molecule has 0 amide bonds. The van der Waals surface area contributed by atoms with E-state index in [1.54, 1.807) is 12.3 Å². The van der Waals surface area contributed by atoms with Crippen LogP contribution >= 0.6 is 0 Å². The van der Waals surface area contributed by atoms with Crippen LogP contribution < -0.4 is 0 Å². The van der Waals surface area contributed by atoms with Crippen molar-refractivity contribution >= 4 is 11.9 Å². The molecule has 0 saturated heterocycles. The van der Waals surface area contributed by atoms with E-state index in [0.29, 0.717) is 12.0 Å². The Morgan fingerprint density at radius 3 is 2.29 bits per heavy atom. The molecule has 1 aliphatic carbocycles. The number of carbonyl (C=O) groups is 1. The number of allylic oxidation sites excluding steroid dienone is 3. The maximum atomic E-state index is 13.0. The molecule has 1 aromatic carbocycles. The van der Waals surface area contributed by atoms with E-state index in [9.17, 15) is 31.1 Å². The number of nitrogens with zero attached hydrogens (tertiary/aromatic N) is 1. The zero-order valence-corrected chi connectivity index (χ0v) is 18.9. The van der Waals surface area contributed by atoms with Crippen LogP contribution in [0.5, 0.6) is 0 Å². The van der Waals surface area contributed by atoms with Gasteiger partial charge in [0, 0.05) is 24.1 Å². The molecule has 1 unspecified atom stereocenters. The molecular weight excluding hydrogens is 456 g/mol. The maximum Gasteiger partial charge on any atom is 0.416 e. The summed E-state index contributed by atoms with van der Waals surface area (Å²) in [6.07, 6.45) is -2.70. The minimum absolute atomic E-state index is 0.0123. The Morgan fingerprint density at radius 1 is 1.03 bits per heavy atom. The SMILES string of the molecule is CC1=C\CC(C)c2ncccc2/C=C\1C(=O)CCCCc1cc(C(F)(F)F)cc(C(F)(F)F)c1. The van der Waals surface area contributed by atoms with Crippen molar-refractivity contribution in [3.8, 4) is 0 Å². The van der Waals surface area contributed by atoms with Gasteiger partial charge in [-0.25, -0.2) is 0 Å². The summed E-state index contributed by atoms with van der Waals surface area (Å²) in [4.78, 5) is 17.4. The van der Waals surface area contributed by atoms with Crippen molar-refractivity contribution in [1.82, 2.24) is 4.98 Å². The molecule has 1 heterocycles. The molecule has 0 saturated carbocycles. The van der Waals surface area contributed by atoms with Crippen LogP contribution in [0.2, 0.25) is 0 Å². The summed E-state index contributed by atoms with van der Waals surface area (Å²) in [6.45, 7) is 3.92. The Hall–Kier alpha value is -2.90. The second kappa shape index (κ2) is 10.2. The highest BCUT2D eigenvalue weighted by molar-refractivity contribution is 6.03. The van der Waals surface area contributed by atoms with Crippen LogP contribution in [0.15, 0.2) is 53.8 Å². The van der Waals surface area contributed by atoms with Crippen LogP contribution in [0.1, 0.15) is 73.4 Å². The highest BCUT2D eigenvalue weighted by atomic mass is 19.4. The number of halogens is 6. The zero-order chi connectivity index (χ0) is 25.1. The topological polar surface area (TPSA) is 30.0 Å². The predicted molar refractivity (Wildman–Crippen MR) is 118 cm³/mol. The van der Waals surface area contributed by atoms with Gasteiger partial charge in [0.15, 0.2) is 5.78 Å². The summed E-state index contributed by atoms with van der Waals surface area (Å²) < 4.78 is 78.2. The average Bonchev–Trinajstić information content (AvgIpc) is 2.76. The lowest BCUT2D eigenvalue weighted by Gasteiger charge is -2.17. The number of carbonyl (C=O) groups excluding carboxylic acids is 1. The molecule has 182 valence electrons. The lowest BCUT2D eigenvalue weighted by Crippen LogP contribution is -2.12. The van der Waals surface area contributed by atoms with E-state index >= 15 is 0 Å². The van der Waals surface area contributed by atoms with Crippen LogP contribution in [0.25, 0.3) is 6.08 Å². The molecule has 3 rings (SSSR count). The fourth-order valence-electron chi connectivity index (χ4n) is 4.02. The number of rotatable bonds is 6. The molecule has 34 heavy (non-hydrogen) atoms. The number of Topliss-reactive ketones (excluding diaryl/α,β-unsaturated/α-hetero) is 1. The first-order valence-electron chi connectivity index (χ1n) is 11.0. The Balaban J connectivity index is 1.70. The number of hydrogen-bond acceptors (Lipinski definition) is 2. The third kappa shape index (κ3) is 6.36. The van der Waals surface area contributed by atoms with Crippen LogP contribution in [0, 0.1) is 0 Å². The van der Waals surface area contributed by atoms with Crippen molar-refractivity contribution in [2.24, 2.45) is 0 Å². The Bertz CT molecular complexity index is 1080. The first kappa shape index (κ1) is 25.7. The third-order valence-corrected chi connectivity index (χ3v) is 5.91. The van der Waals surface area contributed by atoms with Crippen LogP contribution in [0.4, 0.5) is 26.3 Å². The molecular formula is C26H25F6NO. The highest BCUT2D eigenvalue weighted by Gasteiger charge is 2.36. The monoisotopic (exact) mass is 481 g/mol. The number of fused-ring (bicyclic) bond motifs is 1. The second-order valence-corrected chi connectivity index (χ2v) is 8.60. The van der Waals surface area contributed by atoms with E-state index in [0.717, 1.165) is 35.4 Å². The number of hydrogen-bond donors (Lipinski definition) is 0. The summed E-state index contributed by atoms with van der Waals surface area (Å²) in [5.74, 6) is 0.0891. The quantitative estimate of drug-likeness (QED) is 0.310. The van der Waals surface area contributed by atoms with E-state index in [1.807, 2.05) is 25.1 Å². The average molecular weight is 481 g/mol. The van der Waals surface area contributed by atoms with Gasteiger partial charge in [-0.1, -0.05) is 19.1 Å². The standard InChI is InChI=1S/C26H25F6NO/c1-16-9-10-17(2)24-19(7-5-11-33-24)14-22(16)23(34)8-4-3-6-18-12-20(25(27,28)29)15-21(13-18)26(30,31)32/h5,7,9,11-15,17H,3-4,6,8,10H2,1-2H3/b16-9+,22-14+. The second-order valence-electron chi connectivity index (χ2n) is 8.60. The molecule has 0 bridgehead atoms. The largest absolute Gasteiger partial charge is 0.416 e. The van der Waals surface area contributed by atoms with Crippen molar-refractivity contribution in [2.45, 2.75) is 64.2 Å². The van der Waals surface area contributed by atoms with Crippen molar-refractivity contribution in [3.63, 3.8) is 0 Å². The minimum Gasteiger partial charge on any atom is -0.294 e. The van der Waals surface area contributed by atoms with E-state index in [2.05, 4.69) is 11.9 Å². The molecule has 8 heteroatoms. The predicted octanol–water partition coefficient (Wildman–Crippen LogP) is 7.94. The van der Waals surface area contributed by atoms with Gasteiger partial charge in [-0.2, -0.15) is 26.3 Å². The van der Waals surface area contributed by atoms with Crippen LogP contribution in [-0.4, -0.2) is 10.8 Å². The van der Waals surface area contributed by atoms with Crippen LogP contribution in [0.3, 0.4) is 0 Å². The Morgan fingerprint density at radius 2 is 1.68 bits per heavy atom. The molecule has 1 aromatic heterocycles. The molecule has 1 atom stereocenters. The minimum atomic E-state index is -4.87. The summed E-state index contributed by atoms with van der Waals surface area (Å²) in [6, 6.07) is 5.31. The summed E-state index contributed by atoms with van der Waals surface area (Å²) in [5, 5.41) is 0. The summed E-state index contributed by atoms with van der Waals surface area (Å²) in [7, 11) is 0. The van der Waals surface area contributed by atoms with Gasteiger partial charge in [-0.05, 0) is 79.6 Å². The van der Waals surface area contributed by atoms with E-state index < -0.39 is 23.5 Å². The number of unbranched alkanes of at least 4 members (excludes halogenated alkanes) is 1. The molecule has 2 nitrogen and oxygen atoms in total. The van der Waals surface area contributed by atoms with E-state index in [4.69, 9.17) is 0 Å². The zero-order valence-electron chi connectivity index (χ0n) is 18.9. The summed E-state index contributed by atoms with van der Waals surface area (Å²) in [5.41, 5.74) is 0.477. The molecule has 0 N–H and O–H groups in total. The van der Waals surface area contributed by atoms with Gasteiger partial charge in [0.05, 0.1) is 16.8 Å². The van der Waals surface area contributed by atoms with E-state index in [1.165, 1.54) is 0 Å². The molecule has 0 aliphatic heterocycles. The van der Waals surface area contributed by atoms with Gasteiger partial charge in [0.25, 0.3) is 0 Å². The normalized spacial score (nSPS) is 19.8. The molecule has 0 radical (unpaired) electrons. The molecule has 0 fully saturated rings. The molecule has 2 aromatic rings. The van der Waals surface area contributed by atoms with E-state index in [-0.39, 0.29) is 42.6 Å². The van der Waals surface area contributed by atoms with Gasteiger partial charge in [0.2, 0.25) is 0 Å². The lowest BCUT2D eigenvalue weighted by molar-refractivity contribution is -0.143. The first-order chi connectivity index (χ1) is 15.9. The summed E-state index contributed by atoms with van der Waals surface area (Å²) >= 11 is 0. The van der Waals surface area contributed by atoms with Gasteiger partial charge in [-0.15, -0.1) is 0 Å². The van der Waals surface area contributed by atoms with Gasteiger partial charge in [0.1, 0.15) is 0 Å². The fourth-order valence-corrected chi connectivity index (χ4v) is 4.02. The number of aryl methyl sites for hydroxylation is 1. The Kier molecular flexibility index (Phi) is 7.68. The molecule has 0 spiro atoms. The van der Waals surface area contributed by atoms with Gasteiger partial charge < -0.3 is 0 Å². The molecule has 1 aliphatic rings. The number of benzene rings is 1. The third-order valence-electron chi connectivity index (χ3n) is 5.91. The number of aromatic nitrogens is 1. The van der Waals surface area contributed by atoms with Crippen LogP contribution in [-0.2, 0) is 23.6 Å². The van der Waals surface area contributed by atoms with Crippen molar-refractivity contribution in [1.29, 1.82) is 0 Å². The van der Waals surface area contributed by atoms with Crippen molar-refractivity contribution < 1.29 is 31.1 Å². The fraction of sp³-hybridized carbons (Fsp3) is 0.385. The number of ketones is 1. The Labute approximate surface area is 194 Å². The maximum absolute atomic E-state index is 13.0.